The summed E-state index contributed by atoms with van der Waals surface area (Å²) >= 11 is 0. The van der Waals surface area contributed by atoms with Gasteiger partial charge in [-0.15, -0.1) is 0 Å². The number of rotatable bonds is 3. The smallest absolute Gasteiger partial charge is 0.267 e. The number of benzene rings is 1. The fourth-order valence-corrected chi connectivity index (χ4v) is 3.96. The van der Waals surface area contributed by atoms with Crippen molar-refractivity contribution in [1.82, 2.24) is 15.2 Å². The van der Waals surface area contributed by atoms with E-state index in [-0.39, 0.29) is 17.9 Å². The number of anilines is 1. The first kappa shape index (κ1) is 17.2. The second-order valence-corrected chi connectivity index (χ2v) is 7.10. The Bertz CT molecular complexity index is 1010. The number of hydrogen-bond donors (Lipinski definition) is 4. The average Bonchev–Trinajstić information content (AvgIpc) is 3.01. The van der Waals surface area contributed by atoms with E-state index in [1.54, 1.807) is 37.5 Å². The molecule has 0 unspecified atom stereocenters. The Labute approximate surface area is 155 Å². The van der Waals surface area contributed by atoms with E-state index in [0.29, 0.717) is 22.5 Å². The summed E-state index contributed by atoms with van der Waals surface area (Å²) in [6.07, 6.45) is 3.43. The summed E-state index contributed by atoms with van der Waals surface area (Å²) in [6, 6.07) is 12.6. The maximum Gasteiger partial charge on any atom is 0.267 e. The number of para-hydroxylation sites is 1. The first-order valence-electron chi connectivity index (χ1n) is 8.75. The summed E-state index contributed by atoms with van der Waals surface area (Å²) in [7, 11) is 0. The quantitative estimate of drug-likeness (QED) is 0.568. The first-order valence-corrected chi connectivity index (χ1v) is 8.75. The second kappa shape index (κ2) is 6.51. The van der Waals surface area contributed by atoms with E-state index >= 15 is 0 Å². The molecule has 2 aromatic heterocycles. The monoisotopic (exact) mass is 364 g/mol. The molecule has 0 saturated carbocycles. The molecule has 0 bridgehead atoms. The lowest BCUT2D eigenvalue weighted by molar-refractivity contribution is -0.130. The van der Waals surface area contributed by atoms with Crippen LogP contribution in [0, 0.1) is 5.92 Å². The number of aliphatic hydroxyl groups is 1. The van der Waals surface area contributed by atoms with Gasteiger partial charge in [0.2, 0.25) is 5.91 Å². The van der Waals surface area contributed by atoms with Gasteiger partial charge in [0.25, 0.3) is 5.56 Å². The number of carbonyl (C=O) groups excluding carboxylic acids is 1. The van der Waals surface area contributed by atoms with Crippen LogP contribution in [0.1, 0.15) is 29.7 Å². The van der Waals surface area contributed by atoms with E-state index in [2.05, 4.69) is 20.5 Å². The zero-order valence-corrected chi connectivity index (χ0v) is 14.8. The number of aromatic amines is 2. The highest BCUT2D eigenvalue weighted by atomic mass is 16.3. The number of pyridine rings is 1. The van der Waals surface area contributed by atoms with Crippen molar-refractivity contribution in [2.24, 2.45) is 5.92 Å². The second-order valence-electron chi connectivity index (χ2n) is 7.10. The van der Waals surface area contributed by atoms with Gasteiger partial charge in [0, 0.05) is 41.7 Å². The molecule has 0 radical (unpaired) electrons. The van der Waals surface area contributed by atoms with Crippen molar-refractivity contribution < 1.29 is 9.90 Å². The summed E-state index contributed by atoms with van der Waals surface area (Å²) in [6.45, 7) is 1.62. The first-order chi connectivity index (χ1) is 13.0. The van der Waals surface area contributed by atoms with Crippen molar-refractivity contribution >= 4 is 11.6 Å². The molecule has 4 rings (SSSR count). The van der Waals surface area contributed by atoms with Crippen LogP contribution in [0.2, 0.25) is 0 Å². The number of fused-ring (bicyclic) bond motifs is 1. The number of carbonyl (C=O) groups is 1. The van der Waals surface area contributed by atoms with Crippen LogP contribution in [0.15, 0.2) is 59.7 Å². The average molecular weight is 364 g/mol. The molecule has 27 heavy (non-hydrogen) atoms. The minimum Gasteiger partial charge on any atom is -0.389 e. The molecule has 0 spiro atoms. The predicted molar refractivity (Wildman–Crippen MR) is 100 cm³/mol. The Hall–Kier alpha value is -3.19. The number of hydrogen-bond acceptors (Lipinski definition) is 4. The number of nitrogens with zero attached hydrogens (tertiary/aromatic N) is 1. The van der Waals surface area contributed by atoms with Crippen LogP contribution in [0.5, 0.6) is 0 Å². The molecule has 138 valence electrons. The molecule has 1 aliphatic carbocycles. The SMILES string of the molecule is C[C@]1(O)Cc2[nH][nH]c(=O)c2[C@H](c2cccnc2)[C@H]1C(=O)Nc1ccccc1. The zero-order chi connectivity index (χ0) is 19.0. The van der Waals surface area contributed by atoms with E-state index in [1.165, 1.54) is 0 Å². The largest absolute Gasteiger partial charge is 0.389 e. The molecule has 0 fully saturated rings. The highest BCUT2D eigenvalue weighted by Gasteiger charge is 2.50. The number of amides is 1. The lowest BCUT2D eigenvalue weighted by Gasteiger charge is -2.41. The van der Waals surface area contributed by atoms with Crippen molar-refractivity contribution in [3.63, 3.8) is 0 Å². The molecule has 3 atom stereocenters. The summed E-state index contributed by atoms with van der Waals surface area (Å²) in [5, 5.41) is 19.4. The number of H-pyrrole nitrogens is 2. The van der Waals surface area contributed by atoms with Crippen molar-refractivity contribution in [3.05, 3.63) is 82.0 Å². The highest BCUT2D eigenvalue weighted by molar-refractivity contribution is 5.94. The van der Waals surface area contributed by atoms with Crippen molar-refractivity contribution in [3.8, 4) is 0 Å². The van der Waals surface area contributed by atoms with E-state index < -0.39 is 17.4 Å². The fraction of sp³-hybridized carbons (Fsp3) is 0.250. The molecule has 1 amide bonds. The van der Waals surface area contributed by atoms with Gasteiger partial charge in [-0.05, 0) is 30.7 Å². The molecule has 0 saturated heterocycles. The third-order valence-corrected chi connectivity index (χ3v) is 5.11. The summed E-state index contributed by atoms with van der Waals surface area (Å²) in [5.41, 5.74) is 0.795. The van der Waals surface area contributed by atoms with Crippen LogP contribution in [0.4, 0.5) is 5.69 Å². The zero-order valence-electron chi connectivity index (χ0n) is 14.8. The minimum atomic E-state index is -1.35. The topological polar surface area (TPSA) is 111 Å². The van der Waals surface area contributed by atoms with E-state index in [1.807, 2.05) is 24.3 Å². The number of nitrogens with one attached hydrogen (secondary N) is 3. The van der Waals surface area contributed by atoms with Crippen LogP contribution in [-0.2, 0) is 11.2 Å². The number of aromatic nitrogens is 3. The Balaban J connectivity index is 1.82. The fourth-order valence-electron chi connectivity index (χ4n) is 3.96. The molecular formula is C20H20N4O3. The van der Waals surface area contributed by atoms with Crippen molar-refractivity contribution in [1.29, 1.82) is 0 Å². The van der Waals surface area contributed by atoms with Crippen LogP contribution in [0.25, 0.3) is 0 Å². The molecule has 1 aliphatic rings. The van der Waals surface area contributed by atoms with E-state index in [9.17, 15) is 14.7 Å². The van der Waals surface area contributed by atoms with E-state index in [4.69, 9.17) is 0 Å². The molecule has 1 aromatic carbocycles. The molecular weight excluding hydrogens is 344 g/mol. The van der Waals surface area contributed by atoms with Crippen LogP contribution in [-0.4, -0.2) is 31.8 Å². The van der Waals surface area contributed by atoms with Gasteiger partial charge in [-0.1, -0.05) is 24.3 Å². The third-order valence-electron chi connectivity index (χ3n) is 5.11. The molecule has 2 heterocycles. The maximum atomic E-state index is 13.2. The van der Waals surface area contributed by atoms with Crippen LogP contribution < -0.4 is 10.9 Å². The van der Waals surface area contributed by atoms with Gasteiger partial charge < -0.3 is 15.5 Å². The maximum absolute atomic E-state index is 13.2. The van der Waals surface area contributed by atoms with Gasteiger partial charge in [0.15, 0.2) is 0 Å². The standard InChI is InChI=1S/C20H20N4O3/c1-20(27)10-14-16(18(25)24-23-14)15(12-6-5-9-21-11-12)17(20)19(26)22-13-7-3-2-4-8-13/h2-9,11,15,17,27H,10H2,1H3,(H,22,26)(H2,23,24,25)/t15-,17-,20-/m0/s1. The van der Waals surface area contributed by atoms with Crippen molar-refractivity contribution in [2.75, 3.05) is 5.32 Å². The van der Waals surface area contributed by atoms with Gasteiger partial charge >= 0.3 is 0 Å². The van der Waals surface area contributed by atoms with Gasteiger partial charge in [-0.25, -0.2) is 0 Å². The summed E-state index contributed by atoms with van der Waals surface area (Å²) < 4.78 is 0. The highest BCUT2D eigenvalue weighted by Crippen LogP contribution is 2.44. The van der Waals surface area contributed by atoms with Gasteiger partial charge in [0.1, 0.15) is 0 Å². The minimum absolute atomic E-state index is 0.171. The Morgan fingerprint density at radius 1 is 1.22 bits per heavy atom. The molecule has 7 heteroatoms. The molecule has 7 nitrogen and oxygen atoms in total. The van der Waals surface area contributed by atoms with Gasteiger partial charge in [-0.3, -0.25) is 19.7 Å². The summed E-state index contributed by atoms with van der Waals surface area (Å²) in [5.74, 6) is -1.81. The third kappa shape index (κ3) is 3.06. The van der Waals surface area contributed by atoms with Gasteiger partial charge in [0.05, 0.1) is 11.5 Å². The Kier molecular flexibility index (Phi) is 4.16. The lowest BCUT2D eigenvalue weighted by Crippen LogP contribution is -2.51. The molecule has 3 aromatic rings. The lowest BCUT2D eigenvalue weighted by atomic mass is 9.66. The van der Waals surface area contributed by atoms with E-state index in [0.717, 1.165) is 0 Å². The van der Waals surface area contributed by atoms with Crippen molar-refractivity contribution in [2.45, 2.75) is 24.9 Å². The predicted octanol–water partition coefficient (Wildman–Crippen LogP) is 1.79. The van der Waals surface area contributed by atoms with Gasteiger partial charge in [-0.2, -0.15) is 0 Å². The van der Waals surface area contributed by atoms with Crippen LogP contribution in [0.3, 0.4) is 0 Å². The Morgan fingerprint density at radius 2 is 2.00 bits per heavy atom. The van der Waals surface area contributed by atoms with Crippen LogP contribution >= 0.6 is 0 Å². The normalized spacial score (nSPS) is 24.2. The molecule has 4 N–H and O–H groups in total. The molecule has 0 aliphatic heterocycles. The Morgan fingerprint density at radius 3 is 2.70 bits per heavy atom. The summed E-state index contributed by atoms with van der Waals surface area (Å²) in [4.78, 5) is 29.8.